The quantitative estimate of drug-likeness (QED) is 0.289. The van der Waals surface area contributed by atoms with Crippen LogP contribution in [0.15, 0.2) is 29.3 Å². The van der Waals surface area contributed by atoms with E-state index in [-0.39, 0.29) is 30.0 Å². The Balaban J connectivity index is 0.00000450. The second-order valence-electron chi connectivity index (χ2n) is 8.05. The second-order valence-corrected chi connectivity index (χ2v) is 8.05. The molecule has 0 aromatic heterocycles. The maximum Gasteiger partial charge on any atom is 0.191 e. The minimum absolute atomic E-state index is 0. The van der Waals surface area contributed by atoms with E-state index in [1.165, 1.54) is 5.56 Å². The predicted molar refractivity (Wildman–Crippen MR) is 135 cm³/mol. The van der Waals surface area contributed by atoms with Crippen molar-refractivity contribution in [2.75, 3.05) is 67.6 Å². The van der Waals surface area contributed by atoms with Gasteiger partial charge in [0.15, 0.2) is 5.96 Å². The Labute approximate surface area is 199 Å². The average molecular weight is 533 g/mol. The van der Waals surface area contributed by atoms with Crippen LogP contribution in [0, 0.1) is 5.92 Å². The Morgan fingerprint density at radius 2 is 1.73 bits per heavy atom. The first-order chi connectivity index (χ1) is 14.0. The Hall–Kier alpha value is -1.10. The molecule has 1 aromatic carbocycles. The van der Waals surface area contributed by atoms with Crippen molar-refractivity contribution < 1.29 is 9.47 Å². The molecule has 0 amide bonds. The fraction of sp³-hybridized carbons (Fsp3) is 0.682. The van der Waals surface area contributed by atoms with Crippen LogP contribution in [-0.4, -0.2) is 89.4 Å². The molecule has 0 aliphatic carbocycles. The number of benzene rings is 1. The first kappa shape index (κ1) is 26.9. The summed E-state index contributed by atoms with van der Waals surface area (Å²) < 4.78 is 10.8. The fourth-order valence-electron chi connectivity index (χ4n) is 3.74. The first-order valence-corrected chi connectivity index (χ1v) is 10.5. The van der Waals surface area contributed by atoms with E-state index in [2.05, 4.69) is 65.5 Å². The van der Waals surface area contributed by atoms with Crippen LogP contribution in [0.3, 0.4) is 0 Å². The van der Waals surface area contributed by atoms with Crippen LogP contribution < -0.4 is 15.4 Å². The van der Waals surface area contributed by atoms with E-state index < -0.39 is 0 Å². The van der Waals surface area contributed by atoms with Gasteiger partial charge in [0.1, 0.15) is 5.75 Å². The number of rotatable bonds is 9. The smallest absolute Gasteiger partial charge is 0.191 e. The zero-order chi connectivity index (χ0) is 21.2. The van der Waals surface area contributed by atoms with Gasteiger partial charge in [0.25, 0.3) is 0 Å². The lowest BCUT2D eigenvalue weighted by Crippen LogP contribution is -2.53. The summed E-state index contributed by atoms with van der Waals surface area (Å²) in [5.41, 5.74) is 1.24. The van der Waals surface area contributed by atoms with Crippen molar-refractivity contribution in [3.8, 4) is 5.75 Å². The zero-order valence-corrected chi connectivity index (χ0v) is 21.7. The molecule has 1 aliphatic rings. The molecule has 7 nitrogen and oxygen atoms in total. The van der Waals surface area contributed by atoms with Crippen molar-refractivity contribution in [2.24, 2.45) is 10.9 Å². The second kappa shape index (κ2) is 14.1. The van der Waals surface area contributed by atoms with Crippen molar-refractivity contribution in [2.45, 2.75) is 25.9 Å². The number of guanidine groups is 1. The number of nitrogens with one attached hydrogen (secondary N) is 2. The van der Waals surface area contributed by atoms with Crippen LogP contribution in [0.4, 0.5) is 0 Å². The van der Waals surface area contributed by atoms with Gasteiger partial charge in [0.2, 0.25) is 0 Å². The molecule has 0 radical (unpaired) electrons. The number of nitrogens with zero attached hydrogens (tertiary/aromatic N) is 3. The third kappa shape index (κ3) is 8.20. The molecular formula is C22H40IN5O2. The van der Waals surface area contributed by atoms with E-state index in [4.69, 9.17) is 9.47 Å². The monoisotopic (exact) mass is 533 g/mol. The highest BCUT2D eigenvalue weighted by Crippen LogP contribution is 2.20. The standard InChI is InChI=1S/C22H39N5O2.HI/c1-17(2)20(27-11-13-29-14-12-27)15-24-22(23-3)25-16-21(26(4)5)18-7-9-19(28-6)10-8-18;/h7-10,17,20-21H,11-16H2,1-6H3,(H2,23,24,25);1H. The molecule has 2 rings (SSSR count). The van der Waals surface area contributed by atoms with Crippen LogP contribution in [-0.2, 0) is 4.74 Å². The summed E-state index contributed by atoms with van der Waals surface area (Å²) in [5.74, 6) is 2.27. The molecule has 2 unspecified atom stereocenters. The lowest BCUT2D eigenvalue weighted by atomic mass is 10.0. The van der Waals surface area contributed by atoms with Crippen LogP contribution in [0.2, 0.25) is 0 Å². The number of aliphatic imine (C=N–C) groups is 1. The summed E-state index contributed by atoms with van der Waals surface area (Å²) in [6.07, 6.45) is 0. The largest absolute Gasteiger partial charge is 0.497 e. The van der Waals surface area contributed by atoms with Gasteiger partial charge in [-0.3, -0.25) is 9.89 Å². The van der Waals surface area contributed by atoms with Gasteiger partial charge in [-0.15, -0.1) is 24.0 Å². The van der Waals surface area contributed by atoms with Gasteiger partial charge in [-0.2, -0.15) is 0 Å². The molecule has 1 fully saturated rings. The SMILES string of the molecule is CN=C(NCC(c1ccc(OC)cc1)N(C)C)NCC(C(C)C)N1CCOCC1.I. The molecule has 2 N–H and O–H groups in total. The highest BCUT2D eigenvalue weighted by molar-refractivity contribution is 14.0. The van der Waals surface area contributed by atoms with E-state index in [1.807, 2.05) is 19.2 Å². The van der Waals surface area contributed by atoms with Crippen molar-refractivity contribution >= 4 is 29.9 Å². The summed E-state index contributed by atoms with van der Waals surface area (Å²) in [6, 6.07) is 8.95. The van der Waals surface area contributed by atoms with Crippen LogP contribution in [0.25, 0.3) is 0 Å². The number of hydrogen-bond donors (Lipinski definition) is 2. The number of halogens is 1. The summed E-state index contributed by atoms with van der Waals surface area (Å²) in [6.45, 7) is 9.83. The lowest BCUT2D eigenvalue weighted by Gasteiger charge is -2.37. The predicted octanol–water partition coefficient (Wildman–Crippen LogP) is 2.44. The van der Waals surface area contributed by atoms with Gasteiger partial charge in [-0.1, -0.05) is 26.0 Å². The summed E-state index contributed by atoms with van der Waals surface area (Å²) in [5, 5.41) is 7.03. The molecule has 1 aromatic rings. The van der Waals surface area contributed by atoms with E-state index in [0.717, 1.165) is 51.1 Å². The highest BCUT2D eigenvalue weighted by Gasteiger charge is 2.24. The Morgan fingerprint density at radius 1 is 1.13 bits per heavy atom. The van der Waals surface area contributed by atoms with Gasteiger partial charge < -0.3 is 25.0 Å². The zero-order valence-electron chi connectivity index (χ0n) is 19.4. The minimum atomic E-state index is 0. The van der Waals surface area contributed by atoms with Gasteiger partial charge in [-0.05, 0) is 37.7 Å². The molecule has 2 atom stereocenters. The number of hydrogen-bond acceptors (Lipinski definition) is 5. The van der Waals surface area contributed by atoms with E-state index >= 15 is 0 Å². The normalized spacial score (nSPS) is 17.4. The average Bonchev–Trinajstić information content (AvgIpc) is 2.73. The molecular weight excluding hydrogens is 493 g/mol. The molecule has 30 heavy (non-hydrogen) atoms. The van der Waals surface area contributed by atoms with Crippen molar-refractivity contribution in [1.29, 1.82) is 0 Å². The topological polar surface area (TPSA) is 61.4 Å². The molecule has 8 heteroatoms. The van der Waals surface area contributed by atoms with Gasteiger partial charge in [0, 0.05) is 39.3 Å². The lowest BCUT2D eigenvalue weighted by molar-refractivity contribution is 0.00752. The Bertz CT molecular complexity index is 618. The fourth-order valence-corrected chi connectivity index (χ4v) is 3.74. The Morgan fingerprint density at radius 3 is 2.23 bits per heavy atom. The van der Waals surface area contributed by atoms with Crippen LogP contribution >= 0.6 is 24.0 Å². The van der Waals surface area contributed by atoms with Gasteiger partial charge >= 0.3 is 0 Å². The minimum Gasteiger partial charge on any atom is -0.497 e. The summed E-state index contributed by atoms with van der Waals surface area (Å²) in [7, 11) is 7.71. The van der Waals surface area contributed by atoms with Crippen LogP contribution in [0.5, 0.6) is 5.75 Å². The van der Waals surface area contributed by atoms with Crippen molar-refractivity contribution in [3.63, 3.8) is 0 Å². The molecule has 0 spiro atoms. The van der Waals surface area contributed by atoms with Gasteiger partial charge in [0.05, 0.1) is 26.4 Å². The van der Waals surface area contributed by atoms with E-state index in [1.54, 1.807) is 7.11 Å². The maximum absolute atomic E-state index is 5.51. The molecule has 0 saturated carbocycles. The van der Waals surface area contributed by atoms with Crippen molar-refractivity contribution in [3.05, 3.63) is 29.8 Å². The summed E-state index contributed by atoms with van der Waals surface area (Å²) >= 11 is 0. The van der Waals surface area contributed by atoms with Crippen LogP contribution in [0.1, 0.15) is 25.5 Å². The molecule has 1 saturated heterocycles. The number of methoxy groups -OCH3 is 1. The highest BCUT2D eigenvalue weighted by atomic mass is 127. The molecule has 1 aliphatic heterocycles. The Kier molecular flexibility index (Phi) is 12.6. The van der Waals surface area contributed by atoms with Gasteiger partial charge in [-0.25, -0.2) is 0 Å². The van der Waals surface area contributed by atoms with Crippen molar-refractivity contribution in [1.82, 2.24) is 20.4 Å². The molecule has 172 valence electrons. The third-order valence-electron chi connectivity index (χ3n) is 5.57. The number of morpholine rings is 1. The summed E-state index contributed by atoms with van der Waals surface area (Å²) in [4.78, 5) is 9.17. The van der Waals surface area contributed by atoms with E-state index in [9.17, 15) is 0 Å². The molecule has 1 heterocycles. The number of ether oxygens (including phenoxy) is 2. The van der Waals surface area contributed by atoms with E-state index in [0.29, 0.717) is 12.0 Å². The maximum atomic E-state index is 5.51. The number of likely N-dealkylation sites (N-methyl/N-ethyl adjacent to an activating group) is 1. The molecule has 0 bridgehead atoms. The third-order valence-corrected chi connectivity index (χ3v) is 5.57. The first-order valence-electron chi connectivity index (χ1n) is 10.5.